The Hall–Kier alpha value is -4.86. The molecule has 6 rings (SSSR count). The number of nitrogens with zero attached hydrogens (tertiary/aromatic N) is 3. The van der Waals surface area contributed by atoms with Crippen molar-refractivity contribution in [3.05, 3.63) is 87.8 Å². The number of aromatic nitrogens is 3. The first-order valence-corrected chi connectivity index (χ1v) is 11.6. The molecule has 0 radical (unpaired) electrons. The minimum atomic E-state index is -1.44. The molecule has 3 heterocycles. The Kier molecular flexibility index (Phi) is 4.94. The van der Waals surface area contributed by atoms with Gasteiger partial charge in [0, 0.05) is 11.6 Å². The van der Waals surface area contributed by atoms with E-state index in [0.29, 0.717) is 39.1 Å². The standard InChI is InChI=1S/C27H22N4O6/c1-15-7-10-20-21(11-15)31(23-19-9-8-18(35-3)13-22(19)37-29-23)26(34)30(20)14-16-5-4-6-17(12-16)27(2)24(32)28-25(33)36-27/h4-13H,14H2,1-3H3,(H,28,32,33)/t27-/m1/s1. The van der Waals surface area contributed by atoms with Gasteiger partial charge >= 0.3 is 11.8 Å². The second kappa shape index (κ2) is 8.09. The fraction of sp³-hybridized carbons (Fsp3) is 0.185. The second-order valence-electron chi connectivity index (χ2n) is 9.14. The molecule has 5 aromatic rings. The SMILES string of the molecule is COc1ccc2c(-n3c(=O)n(Cc4cccc([C@@]5(C)OC(=O)NC5=O)c4)c4ccc(C)cc43)noc2c1. The van der Waals surface area contributed by atoms with Crippen LogP contribution in [0.5, 0.6) is 5.75 Å². The van der Waals surface area contributed by atoms with E-state index in [2.05, 4.69) is 10.5 Å². The van der Waals surface area contributed by atoms with Crippen LogP contribution in [0.4, 0.5) is 4.79 Å². The number of methoxy groups -OCH3 is 1. The van der Waals surface area contributed by atoms with Gasteiger partial charge in [0.2, 0.25) is 5.60 Å². The molecule has 0 aliphatic carbocycles. The molecule has 1 fully saturated rings. The van der Waals surface area contributed by atoms with E-state index in [1.165, 1.54) is 11.5 Å². The Bertz CT molecular complexity index is 1800. The van der Waals surface area contributed by atoms with Crippen molar-refractivity contribution in [1.82, 2.24) is 19.6 Å². The molecule has 1 aliphatic rings. The number of carbonyl (C=O) groups is 2. The predicted octanol–water partition coefficient (Wildman–Crippen LogP) is 3.78. The van der Waals surface area contributed by atoms with Gasteiger partial charge in [0.1, 0.15) is 5.75 Å². The van der Waals surface area contributed by atoms with Gasteiger partial charge in [-0.15, -0.1) is 0 Å². The smallest absolute Gasteiger partial charge is 0.415 e. The van der Waals surface area contributed by atoms with E-state index >= 15 is 0 Å². The third-order valence-corrected chi connectivity index (χ3v) is 6.72. The average molecular weight is 498 g/mol. The van der Waals surface area contributed by atoms with E-state index in [1.807, 2.05) is 37.3 Å². The van der Waals surface area contributed by atoms with Crippen LogP contribution in [0.2, 0.25) is 0 Å². The zero-order valence-corrected chi connectivity index (χ0v) is 20.3. The van der Waals surface area contributed by atoms with Crippen molar-refractivity contribution in [3.8, 4) is 11.6 Å². The molecular weight excluding hydrogens is 476 g/mol. The number of rotatable bonds is 5. The summed E-state index contributed by atoms with van der Waals surface area (Å²) < 4.78 is 19.3. The van der Waals surface area contributed by atoms with Crippen molar-refractivity contribution in [3.63, 3.8) is 0 Å². The molecule has 0 spiro atoms. The first-order valence-electron chi connectivity index (χ1n) is 11.6. The molecule has 2 aromatic heterocycles. The van der Waals surface area contributed by atoms with E-state index in [1.54, 1.807) is 42.0 Å². The van der Waals surface area contributed by atoms with Crippen LogP contribution in [0.25, 0.3) is 27.8 Å². The number of hydrogen-bond acceptors (Lipinski definition) is 7. The quantitative estimate of drug-likeness (QED) is 0.392. The summed E-state index contributed by atoms with van der Waals surface area (Å²) in [5, 5.41) is 7.06. The summed E-state index contributed by atoms with van der Waals surface area (Å²) in [7, 11) is 1.57. The Balaban J connectivity index is 1.49. The molecule has 1 saturated heterocycles. The van der Waals surface area contributed by atoms with Gasteiger partial charge in [0.05, 0.1) is 30.1 Å². The minimum absolute atomic E-state index is 0.217. The monoisotopic (exact) mass is 498 g/mol. The highest BCUT2D eigenvalue weighted by atomic mass is 16.6. The molecule has 0 unspecified atom stereocenters. The number of fused-ring (bicyclic) bond motifs is 2. The van der Waals surface area contributed by atoms with Crippen molar-refractivity contribution in [1.29, 1.82) is 0 Å². The summed E-state index contributed by atoms with van der Waals surface area (Å²) >= 11 is 0. The maximum atomic E-state index is 13.9. The molecule has 1 aliphatic heterocycles. The molecule has 3 aromatic carbocycles. The number of aryl methyl sites for hydroxylation is 1. The molecule has 1 N–H and O–H groups in total. The lowest BCUT2D eigenvalue weighted by Crippen LogP contribution is -2.33. The van der Waals surface area contributed by atoms with Crippen molar-refractivity contribution >= 4 is 34.0 Å². The predicted molar refractivity (Wildman–Crippen MR) is 134 cm³/mol. The van der Waals surface area contributed by atoms with E-state index in [9.17, 15) is 14.4 Å². The van der Waals surface area contributed by atoms with Crippen LogP contribution in [0.1, 0.15) is 23.6 Å². The molecule has 10 heteroatoms. The van der Waals surface area contributed by atoms with Crippen LogP contribution in [0, 0.1) is 6.92 Å². The maximum absolute atomic E-state index is 13.9. The highest BCUT2D eigenvalue weighted by molar-refractivity contribution is 6.03. The number of cyclic esters (lactones) is 1. The highest BCUT2D eigenvalue weighted by Crippen LogP contribution is 2.31. The van der Waals surface area contributed by atoms with Crippen molar-refractivity contribution in [2.75, 3.05) is 7.11 Å². The number of amides is 2. The average Bonchev–Trinajstić information content (AvgIpc) is 3.50. The molecule has 2 amide bonds. The Morgan fingerprint density at radius 1 is 1.03 bits per heavy atom. The van der Waals surface area contributed by atoms with E-state index in [-0.39, 0.29) is 12.2 Å². The summed E-state index contributed by atoms with van der Waals surface area (Å²) in [5.41, 5.74) is 2.41. The molecule has 0 saturated carbocycles. The van der Waals surface area contributed by atoms with Crippen molar-refractivity contribution in [2.24, 2.45) is 0 Å². The fourth-order valence-corrected chi connectivity index (χ4v) is 4.73. The molecule has 1 atom stereocenters. The summed E-state index contributed by atoms with van der Waals surface area (Å²) in [4.78, 5) is 37.9. The Labute approximate surface area is 210 Å². The molecule has 10 nitrogen and oxygen atoms in total. The number of imide groups is 1. The normalized spacial score (nSPS) is 17.4. The number of hydrogen-bond donors (Lipinski definition) is 1. The van der Waals surface area contributed by atoms with E-state index in [4.69, 9.17) is 14.0 Å². The summed E-state index contributed by atoms with van der Waals surface area (Å²) in [6, 6.07) is 18.2. The van der Waals surface area contributed by atoms with Crippen LogP contribution in [0.15, 0.2) is 70.0 Å². The van der Waals surface area contributed by atoms with Gasteiger partial charge in [0.15, 0.2) is 11.4 Å². The van der Waals surface area contributed by atoms with Crippen molar-refractivity contribution in [2.45, 2.75) is 26.0 Å². The van der Waals surface area contributed by atoms with Gasteiger partial charge < -0.3 is 14.0 Å². The number of imidazole rings is 1. The number of ether oxygens (including phenoxy) is 2. The zero-order chi connectivity index (χ0) is 25.9. The lowest BCUT2D eigenvalue weighted by atomic mass is 9.94. The number of benzene rings is 3. The summed E-state index contributed by atoms with van der Waals surface area (Å²) in [5.74, 6) is 0.470. The largest absolute Gasteiger partial charge is 0.497 e. The van der Waals surface area contributed by atoms with Crippen LogP contribution in [0.3, 0.4) is 0 Å². The van der Waals surface area contributed by atoms with Gasteiger partial charge in [0.25, 0.3) is 5.91 Å². The van der Waals surface area contributed by atoms with Crippen LogP contribution in [-0.2, 0) is 21.7 Å². The fourth-order valence-electron chi connectivity index (χ4n) is 4.73. The second-order valence-corrected chi connectivity index (χ2v) is 9.14. The van der Waals surface area contributed by atoms with Crippen LogP contribution < -0.4 is 15.7 Å². The van der Waals surface area contributed by atoms with Crippen LogP contribution in [-0.4, -0.2) is 33.4 Å². The molecule has 186 valence electrons. The van der Waals surface area contributed by atoms with Gasteiger partial charge in [-0.25, -0.2) is 14.2 Å². The third kappa shape index (κ3) is 3.48. The molecule has 37 heavy (non-hydrogen) atoms. The lowest BCUT2D eigenvalue weighted by molar-refractivity contribution is -0.130. The van der Waals surface area contributed by atoms with E-state index in [0.717, 1.165) is 11.1 Å². The molecule has 0 bridgehead atoms. The van der Waals surface area contributed by atoms with Gasteiger partial charge in [-0.05, 0) is 55.3 Å². The Morgan fingerprint density at radius 2 is 1.86 bits per heavy atom. The maximum Gasteiger partial charge on any atom is 0.415 e. The lowest BCUT2D eigenvalue weighted by Gasteiger charge is -2.20. The van der Waals surface area contributed by atoms with Gasteiger partial charge in [-0.1, -0.05) is 29.4 Å². The first kappa shape index (κ1) is 22.6. The minimum Gasteiger partial charge on any atom is -0.497 e. The number of carbonyl (C=O) groups excluding carboxylic acids is 2. The third-order valence-electron chi connectivity index (χ3n) is 6.72. The highest BCUT2D eigenvalue weighted by Gasteiger charge is 2.46. The topological polar surface area (TPSA) is 118 Å². The van der Waals surface area contributed by atoms with Crippen LogP contribution >= 0.6 is 0 Å². The Morgan fingerprint density at radius 3 is 2.62 bits per heavy atom. The number of alkyl carbamates (subject to hydrolysis) is 1. The number of nitrogens with one attached hydrogen (secondary N) is 1. The first-order chi connectivity index (χ1) is 17.8. The van der Waals surface area contributed by atoms with Gasteiger partial charge in [-0.2, -0.15) is 0 Å². The van der Waals surface area contributed by atoms with E-state index < -0.39 is 17.6 Å². The summed E-state index contributed by atoms with van der Waals surface area (Å²) in [6.45, 7) is 3.71. The molecular formula is C27H22N4O6. The van der Waals surface area contributed by atoms with Gasteiger partial charge in [-0.3, -0.25) is 14.7 Å². The van der Waals surface area contributed by atoms with Crippen molar-refractivity contribution < 1.29 is 23.6 Å². The zero-order valence-electron chi connectivity index (χ0n) is 20.3. The summed E-state index contributed by atoms with van der Waals surface area (Å²) in [6.07, 6.45) is -0.787.